The first-order valence-corrected chi connectivity index (χ1v) is 10.6. The van der Waals surface area contributed by atoms with Crippen LogP contribution < -0.4 is 20.9 Å². The smallest absolute Gasteiger partial charge is 0.251 e. The Morgan fingerprint density at radius 3 is 2.39 bits per heavy atom. The van der Waals surface area contributed by atoms with E-state index in [1.807, 2.05) is 0 Å². The van der Waals surface area contributed by atoms with Gasteiger partial charge in [-0.05, 0) is 43.7 Å². The zero-order valence-corrected chi connectivity index (χ0v) is 18.9. The zero-order chi connectivity index (χ0) is 24.3. The van der Waals surface area contributed by atoms with E-state index in [0.717, 1.165) is 12.1 Å². The molecule has 3 atom stereocenters. The van der Waals surface area contributed by atoms with Gasteiger partial charge in [-0.25, -0.2) is 13.8 Å². The number of halogens is 2. The fraction of sp³-hybridized carbons (Fsp3) is 0.391. The number of likely N-dealkylation sites (N-methyl/N-ethyl adjacent to an activating group) is 1. The van der Waals surface area contributed by atoms with Gasteiger partial charge in [0.05, 0.1) is 6.04 Å². The van der Waals surface area contributed by atoms with Crippen molar-refractivity contribution in [3.63, 3.8) is 0 Å². The van der Waals surface area contributed by atoms with Gasteiger partial charge in [0, 0.05) is 24.4 Å². The van der Waals surface area contributed by atoms with Gasteiger partial charge in [-0.1, -0.05) is 19.9 Å². The Hall–Kier alpha value is -3.40. The average Bonchev–Trinajstić information content (AvgIpc) is 3.15. The first-order chi connectivity index (χ1) is 15.6. The minimum Gasteiger partial charge on any atom is -0.343 e. The van der Waals surface area contributed by atoms with Crippen molar-refractivity contribution in [2.75, 3.05) is 17.3 Å². The molecule has 3 N–H and O–H groups in total. The predicted octanol–water partition coefficient (Wildman–Crippen LogP) is 2.00. The van der Waals surface area contributed by atoms with Gasteiger partial charge in [0.15, 0.2) is 0 Å². The fourth-order valence-electron chi connectivity index (χ4n) is 3.65. The van der Waals surface area contributed by atoms with E-state index in [0.29, 0.717) is 17.4 Å². The van der Waals surface area contributed by atoms with E-state index in [1.54, 1.807) is 40.0 Å². The highest BCUT2D eigenvalue weighted by atomic mass is 19.1. The van der Waals surface area contributed by atoms with Crippen LogP contribution in [0.1, 0.15) is 26.3 Å². The molecule has 1 aromatic heterocycles. The number of amides is 3. The van der Waals surface area contributed by atoms with E-state index in [9.17, 15) is 23.2 Å². The number of nitrogens with one attached hydrogen (secondary N) is 3. The number of carbonyl (C=O) groups excluding carboxylic acids is 3. The van der Waals surface area contributed by atoms with Crippen molar-refractivity contribution in [3.05, 3.63) is 53.7 Å². The fourth-order valence-corrected chi connectivity index (χ4v) is 3.65. The molecule has 0 radical (unpaired) electrons. The van der Waals surface area contributed by atoms with E-state index >= 15 is 0 Å². The summed E-state index contributed by atoms with van der Waals surface area (Å²) in [6.07, 6.45) is 1.68. The van der Waals surface area contributed by atoms with Crippen LogP contribution >= 0.6 is 0 Å². The SMILES string of the molecule is CNC(C)C(=O)NC(C(=O)N1c2ncccc2CC1C(=O)Nc1cc(F)cc(F)c1)C(C)C. The molecule has 3 amide bonds. The molecular formula is C23H27F2N5O3. The highest BCUT2D eigenvalue weighted by Crippen LogP contribution is 2.32. The van der Waals surface area contributed by atoms with Gasteiger partial charge in [-0.3, -0.25) is 19.3 Å². The number of aromatic nitrogens is 1. The molecule has 0 spiro atoms. The molecule has 1 aliphatic heterocycles. The third-order valence-electron chi connectivity index (χ3n) is 5.55. The Bertz CT molecular complexity index is 1040. The van der Waals surface area contributed by atoms with E-state index in [2.05, 4.69) is 20.9 Å². The summed E-state index contributed by atoms with van der Waals surface area (Å²) in [6.45, 7) is 5.23. The molecule has 1 aromatic carbocycles. The Morgan fingerprint density at radius 1 is 1.12 bits per heavy atom. The predicted molar refractivity (Wildman–Crippen MR) is 119 cm³/mol. The molecule has 0 bridgehead atoms. The molecule has 176 valence electrons. The van der Waals surface area contributed by atoms with Crippen LogP contribution in [0.4, 0.5) is 20.3 Å². The number of anilines is 2. The highest BCUT2D eigenvalue weighted by Gasteiger charge is 2.43. The monoisotopic (exact) mass is 459 g/mol. The van der Waals surface area contributed by atoms with Gasteiger partial charge < -0.3 is 16.0 Å². The second-order valence-electron chi connectivity index (χ2n) is 8.30. The summed E-state index contributed by atoms with van der Waals surface area (Å²) >= 11 is 0. The molecule has 3 rings (SSSR count). The molecule has 10 heteroatoms. The van der Waals surface area contributed by atoms with E-state index in [-0.39, 0.29) is 23.9 Å². The second kappa shape index (κ2) is 10.0. The van der Waals surface area contributed by atoms with Crippen LogP contribution in [0, 0.1) is 17.6 Å². The number of fused-ring (bicyclic) bond motifs is 1. The zero-order valence-electron chi connectivity index (χ0n) is 18.9. The van der Waals surface area contributed by atoms with Crippen molar-refractivity contribution in [2.24, 2.45) is 5.92 Å². The van der Waals surface area contributed by atoms with Crippen LogP contribution in [0.5, 0.6) is 0 Å². The van der Waals surface area contributed by atoms with Gasteiger partial charge in [0.1, 0.15) is 29.5 Å². The molecular weight excluding hydrogens is 432 g/mol. The lowest BCUT2D eigenvalue weighted by Crippen LogP contribution is -2.57. The van der Waals surface area contributed by atoms with Crippen molar-refractivity contribution < 1.29 is 23.2 Å². The minimum absolute atomic E-state index is 0.0645. The van der Waals surface area contributed by atoms with Crippen molar-refractivity contribution in [1.82, 2.24) is 15.6 Å². The number of nitrogens with zero attached hydrogens (tertiary/aromatic N) is 2. The molecule has 33 heavy (non-hydrogen) atoms. The van der Waals surface area contributed by atoms with E-state index < -0.39 is 41.6 Å². The van der Waals surface area contributed by atoms with E-state index in [1.165, 1.54) is 11.1 Å². The summed E-state index contributed by atoms with van der Waals surface area (Å²) < 4.78 is 27.2. The van der Waals surface area contributed by atoms with Crippen LogP contribution in [0.15, 0.2) is 36.5 Å². The second-order valence-corrected chi connectivity index (χ2v) is 8.30. The van der Waals surface area contributed by atoms with Gasteiger partial charge >= 0.3 is 0 Å². The van der Waals surface area contributed by atoms with Gasteiger partial charge in [0.2, 0.25) is 11.8 Å². The third-order valence-corrected chi connectivity index (χ3v) is 5.55. The highest BCUT2D eigenvalue weighted by molar-refractivity contribution is 6.09. The number of hydrogen-bond acceptors (Lipinski definition) is 5. The molecule has 2 heterocycles. The van der Waals surface area contributed by atoms with E-state index in [4.69, 9.17) is 0 Å². The minimum atomic E-state index is -1.01. The number of pyridine rings is 1. The molecule has 8 nitrogen and oxygen atoms in total. The molecule has 0 saturated heterocycles. The molecule has 0 aliphatic carbocycles. The van der Waals surface area contributed by atoms with Crippen molar-refractivity contribution in [1.29, 1.82) is 0 Å². The quantitative estimate of drug-likeness (QED) is 0.588. The molecule has 0 saturated carbocycles. The van der Waals surface area contributed by atoms with Crippen molar-refractivity contribution >= 4 is 29.2 Å². The average molecular weight is 459 g/mol. The van der Waals surface area contributed by atoms with Crippen LogP contribution in [-0.2, 0) is 20.8 Å². The van der Waals surface area contributed by atoms with Crippen molar-refractivity contribution in [2.45, 2.75) is 45.3 Å². The normalized spacial score (nSPS) is 16.8. The first kappa shape index (κ1) is 24.2. The van der Waals surface area contributed by atoms with Crippen molar-refractivity contribution in [3.8, 4) is 0 Å². The first-order valence-electron chi connectivity index (χ1n) is 10.6. The van der Waals surface area contributed by atoms with Crippen LogP contribution in [0.2, 0.25) is 0 Å². The molecule has 3 unspecified atom stereocenters. The number of hydrogen-bond donors (Lipinski definition) is 3. The Kier molecular flexibility index (Phi) is 7.37. The maximum Gasteiger partial charge on any atom is 0.251 e. The van der Waals surface area contributed by atoms with Crippen LogP contribution in [0.25, 0.3) is 0 Å². The summed E-state index contributed by atoms with van der Waals surface area (Å²) in [6, 6.07) is 3.68. The number of carbonyl (C=O) groups is 3. The summed E-state index contributed by atoms with van der Waals surface area (Å²) in [7, 11) is 1.63. The maximum absolute atomic E-state index is 13.6. The molecule has 0 fully saturated rings. The lowest BCUT2D eigenvalue weighted by Gasteiger charge is -2.31. The molecule has 2 aromatic rings. The third kappa shape index (κ3) is 5.33. The Morgan fingerprint density at radius 2 is 1.79 bits per heavy atom. The maximum atomic E-state index is 13.6. The standard InChI is InChI=1S/C23H27F2N5O3/c1-12(2)19(29-21(31)13(3)26-4)23(33)30-18(8-14-6-5-7-27-20(14)30)22(32)28-17-10-15(24)9-16(25)11-17/h5-7,9-13,18-19,26H,8H2,1-4H3,(H,28,32)(H,29,31). The van der Waals surface area contributed by atoms with Gasteiger partial charge in [-0.2, -0.15) is 0 Å². The number of benzene rings is 1. The lowest BCUT2D eigenvalue weighted by atomic mass is 10.0. The number of rotatable bonds is 7. The van der Waals surface area contributed by atoms with Crippen LogP contribution in [-0.4, -0.2) is 47.9 Å². The summed E-state index contributed by atoms with van der Waals surface area (Å²) in [4.78, 5) is 44.7. The summed E-state index contributed by atoms with van der Waals surface area (Å²) in [5, 5.41) is 8.05. The molecule has 1 aliphatic rings. The largest absolute Gasteiger partial charge is 0.343 e. The van der Waals surface area contributed by atoms with Crippen LogP contribution in [0.3, 0.4) is 0 Å². The summed E-state index contributed by atoms with van der Waals surface area (Å²) in [5.41, 5.74) is 0.610. The Labute approximate surface area is 190 Å². The summed E-state index contributed by atoms with van der Waals surface area (Å²) in [5.74, 6) is -3.12. The van der Waals surface area contributed by atoms with Gasteiger partial charge in [-0.15, -0.1) is 0 Å². The Balaban J connectivity index is 1.91. The van der Waals surface area contributed by atoms with Gasteiger partial charge in [0.25, 0.3) is 5.91 Å². The topological polar surface area (TPSA) is 103 Å². The lowest BCUT2D eigenvalue weighted by molar-refractivity contribution is -0.130.